The fourth-order valence-electron chi connectivity index (χ4n) is 1.47. The normalized spacial score (nSPS) is 14.1. The van der Waals surface area contributed by atoms with Crippen molar-refractivity contribution in [2.75, 3.05) is 5.32 Å². The second-order valence-electron chi connectivity index (χ2n) is 4.48. The molecule has 1 unspecified atom stereocenters. The molecule has 0 heterocycles. The van der Waals surface area contributed by atoms with E-state index in [1.165, 1.54) is 0 Å². The predicted molar refractivity (Wildman–Crippen MR) is 79.9 cm³/mol. The Hall–Kier alpha value is -0.580. The van der Waals surface area contributed by atoms with Crippen LogP contribution in [0.4, 0.5) is 5.69 Å². The van der Waals surface area contributed by atoms with Gasteiger partial charge in [0, 0.05) is 9.50 Å². The molecule has 0 fully saturated rings. The van der Waals surface area contributed by atoms with Gasteiger partial charge in [0.2, 0.25) is 5.91 Å². The van der Waals surface area contributed by atoms with Gasteiger partial charge in [-0.3, -0.25) is 4.79 Å². The van der Waals surface area contributed by atoms with Gasteiger partial charge < -0.3 is 11.1 Å². The van der Waals surface area contributed by atoms with Gasteiger partial charge in [-0.2, -0.15) is 0 Å². The lowest BCUT2D eigenvalue weighted by atomic mass is 9.99. The zero-order valence-electron chi connectivity index (χ0n) is 10.8. The van der Waals surface area contributed by atoms with Gasteiger partial charge in [-0.25, -0.2) is 0 Å². The van der Waals surface area contributed by atoms with E-state index in [1.807, 2.05) is 26.8 Å². The van der Waals surface area contributed by atoms with Crippen LogP contribution in [0, 0.1) is 12.8 Å². The van der Waals surface area contributed by atoms with Gasteiger partial charge in [0.15, 0.2) is 0 Å². The minimum absolute atomic E-state index is 0.143. The summed E-state index contributed by atoms with van der Waals surface area (Å²) in [5.41, 5.74) is 7.48. The molecule has 3 nitrogen and oxygen atoms in total. The molecular weight excluding hydrogens is 316 g/mol. The average molecular weight is 334 g/mol. The minimum atomic E-state index is -0.512. The first kappa shape index (κ1) is 15.5. The Labute approximate surface area is 121 Å². The fourth-order valence-corrected chi connectivity index (χ4v) is 2.19. The number of nitrogens with two attached hydrogens (primary N) is 1. The third kappa shape index (κ3) is 3.70. The van der Waals surface area contributed by atoms with E-state index in [0.717, 1.165) is 16.5 Å². The Morgan fingerprint density at radius 2 is 2.17 bits per heavy atom. The van der Waals surface area contributed by atoms with E-state index in [-0.39, 0.29) is 11.8 Å². The molecule has 1 amide bonds. The van der Waals surface area contributed by atoms with Crippen molar-refractivity contribution < 1.29 is 4.79 Å². The molecule has 0 aromatic heterocycles. The monoisotopic (exact) mass is 332 g/mol. The summed E-state index contributed by atoms with van der Waals surface area (Å²) < 4.78 is 0.800. The Morgan fingerprint density at radius 1 is 1.56 bits per heavy atom. The van der Waals surface area contributed by atoms with Crippen LogP contribution in [0.1, 0.15) is 25.8 Å². The quantitative estimate of drug-likeness (QED) is 0.882. The van der Waals surface area contributed by atoms with Crippen LogP contribution in [0.3, 0.4) is 0 Å². The summed E-state index contributed by atoms with van der Waals surface area (Å²) in [5, 5.41) is 3.41. The molecule has 1 aromatic rings. The molecule has 0 bridgehead atoms. The summed E-state index contributed by atoms with van der Waals surface area (Å²) in [6.07, 6.45) is 0.865. The van der Waals surface area contributed by atoms with Crippen LogP contribution in [0.15, 0.2) is 16.6 Å². The largest absolute Gasteiger partial charge is 0.324 e. The molecule has 100 valence electrons. The summed E-state index contributed by atoms with van der Waals surface area (Å²) in [7, 11) is 0. The highest BCUT2D eigenvalue weighted by Crippen LogP contribution is 2.29. The van der Waals surface area contributed by atoms with Crippen molar-refractivity contribution in [1.82, 2.24) is 0 Å². The maximum absolute atomic E-state index is 12.0. The van der Waals surface area contributed by atoms with Crippen molar-refractivity contribution in [3.05, 3.63) is 27.2 Å². The van der Waals surface area contributed by atoms with Crippen LogP contribution < -0.4 is 11.1 Å². The number of carbonyl (C=O) groups is 1. The second-order valence-corrected chi connectivity index (χ2v) is 5.74. The van der Waals surface area contributed by atoms with Crippen molar-refractivity contribution in [2.45, 2.75) is 33.2 Å². The number of hydrogen-bond acceptors (Lipinski definition) is 2. The highest BCUT2D eigenvalue weighted by atomic mass is 79.9. The van der Waals surface area contributed by atoms with E-state index < -0.39 is 6.04 Å². The second kappa shape index (κ2) is 6.55. The lowest BCUT2D eigenvalue weighted by molar-refractivity contribution is -0.118. The van der Waals surface area contributed by atoms with Gasteiger partial charge in [0.1, 0.15) is 0 Å². The van der Waals surface area contributed by atoms with Gasteiger partial charge in [-0.15, -0.1) is 0 Å². The Bertz CT molecular complexity index is 451. The number of aryl methyl sites for hydroxylation is 1. The zero-order valence-corrected chi connectivity index (χ0v) is 13.1. The summed E-state index contributed by atoms with van der Waals surface area (Å²) in [4.78, 5) is 12.0. The van der Waals surface area contributed by atoms with Crippen LogP contribution in [-0.4, -0.2) is 11.9 Å². The van der Waals surface area contributed by atoms with Crippen molar-refractivity contribution in [1.29, 1.82) is 0 Å². The molecule has 5 heteroatoms. The minimum Gasteiger partial charge on any atom is -0.324 e. The van der Waals surface area contributed by atoms with Gasteiger partial charge in [0.05, 0.1) is 11.7 Å². The Balaban J connectivity index is 2.85. The lowest BCUT2D eigenvalue weighted by Crippen LogP contribution is -2.40. The van der Waals surface area contributed by atoms with Crippen molar-refractivity contribution >= 4 is 39.1 Å². The molecular formula is C13H18BrClN2O. The maximum atomic E-state index is 12.0. The Kier molecular flexibility index (Phi) is 5.63. The van der Waals surface area contributed by atoms with Crippen LogP contribution >= 0.6 is 27.5 Å². The van der Waals surface area contributed by atoms with Crippen molar-refractivity contribution in [2.24, 2.45) is 11.7 Å². The number of amides is 1. The number of rotatable bonds is 4. The van der Waals surface area contributed by atoms with Crippen LogP contribution in [0.5, 0.6) is 0 Å². The lowest BCUT2D eigenvalue weighted by Gasteiger charge is -2.18. The predicted octanol–water partition coefficient (Wildman–Crippen LogP) is 3.72. The summed E-state index contributed by atoms with van der Waals surface area (Å²) in [6, 6.07) is 3.08. The molecule has 0 saturated carbocycles. The molecule has 0 saturated heterocycles. The maximum Gasteiger partial charge on any atom is 0.241 e. The topological polar surface area (TPSA) is 55.1 Å². The number of hydrogen-bond donors (Lipinski definition) is 2. The molecule has 0 aliphatic rings. The first-order valence-electron chi connectivity index (χ1n) is 5.88. The first-order chi connectivity index (χ1) is 8.36. The molecule has 18 heavy (non-hydrogen) atoms. The van der Waals surface area contributed by atoms with Crippen LogP contribution in [-0.2, 0) is 4.79 Å². The Morgan fingerprint density at radius 3 is 2.72 bits per heavy atom. The third-order valence-electron chi connectivity index (χ3n) is 3.07. The molecule has 3 N–H and O–H groups in total. The number of halogens is 2. The SMILES string of the molecule is CCC(C)[C@H](N)C(=O)Nc1cc(Cl)c(C)cc1Br. The number of benzene rings is 1. The van der Waals surface area contributed by atoms with Gasteiger partial charge in [-0.05, 0) is 46.5 Å². The summed E-state index contributed by atoms with van der Waals surface area (Å²) in [5.74, 6) is -0.0466. The van der Waals surface area contributed by atoms with Crippen molar-refractivity contribution in [3.8, 4) is 0 Å². The number of carbonyl (C=O) groups excluding carboxylic acids is 1. The molecule has 1 aromatic carbocycles. The standard InChI is InChI=1S/C13H18BrClN2O/c1-4-7(2)12(16)13(18)17-11-6-10(15)8(3)5-9(11)14/h5-7,12H,4,16H2,1-3H3,(H,17,18)/t7?,12-/m0/s1. The third-order valence-corrected chi connectivity index (χ3v) is 4.13. The molecule has 2 atom stereocenters. The smallest absolute Gasteiger partial charge is 0.241 e. The van der Waals surface area contributed by atoms with Crippen LogP contribution in [0.25, 0.3) is 0 Å². The van der Waals surface area contributed by atoms with E-state index in [2.05, 4.69) is 21.2 Å². The first-order valence-corrected chi connectivity index (χ1v) is 7.06. The summed E-state index contributed by atoms with van der Waals surface area (Å²) >= 11 is 9.43. The number of anilines is 1. The highest BCUT2D eigenvalue weighted by molar-refractivity contribution is 9.10. The van der Waals surface area contributed by atoms with E-state index in [0.29, 0.717) is 10.7 Å². The van der Waals surface area contributed by atoms with Gasteiger partial charge >= 0.3 is 0 Å². The summed E-state index contributed by atoms with van der Waals surface area (Å²) in [6.45, 7) is 5.88. The highest BCUT2D eigenvalue weighted by Gasteiger charge is 2.20. The van der Waals surface area contributed by atoms with E-state index >= 15 is 0 Å². The van der Waals surface area contributed by atoms with Crippen molar-refractivity contribution in [3.63, 3.8) is 0 Å². The molecule has 0 aliphatic carbocycles. The fraction of sp³-hybridized carbons (Fsp3) is 0.462. The molecule has 1 rings (SSSR count). The van der Waals surface area contributed by atoms with Gasteiger partial charge in [-0.1, -0.05) is 31.9 Å². The molecule has 0 radical (unpaired) electrons. The molecule has 0 aliphatic heterocycles. The van der Waals surface area contributed by atoms with E-state index in [9.17, 15) is 4.79 Å². The van der Waals surface area contributed by atoms with Gasteiger partial charge in [0.25, 0.3) is 0 Å². The van der Waals surface area contributed by atoms with E-state index in [1.54, 1.807) is 6.07 Å². The zero-order chi connectivity index (χ0) is 13.9. The van der Waals surface area contributed by atoms with E-state index in [4.69, 9.17) is 17.3 Å². The number of nitrogens with one attached hydrogen (secondary N) is 1. The average Bonchev–Trinajstić information content (AvgIpc) is 2.33. The van der Waals surface area contributed by atoms with Crippen LogP contribution in [0.2, 0.25) is 5.02 Å². The molecule has 0 spiro atoms.